The summed E-state index contributed by atoms with van der Waals surface area (Å²) >= 11 is 0. The Morgan fingerprint density at radius 1 is 1.26 bits per heavy atom. The van der Waals surface area contributed by atoms with Gasteiger partial charge in [-0.2, -0.15) is 0 Å². The van der Waals surface area contributed by atoms with Gasteiger partial charge < -0.3 is 10.1 Å². The molecule has 6 heteroatoms. The Bertz CT molecular complexity index is 619. The largest absolute Gasteiger partial charge is 0.493 e. The van der Waals surface area contributed by atoms with Crippen LogP contribution in [0.1, 0.15) is 5.56 Å². The highest BCUT2D eigenvalue weighted by Gasteiger charge is 2.54. The van der Waals surface area contributed by atoms with Crippen LogP contribution in [-0.4, -0.2) is 34.2 Å². The molecular formula is C13H16N2O3S. The highest BCUT2D eigenvalue weighted by Crippen LogP contribution is 2.42. The third-order valence-corrected chi connectivity index (χ3v) is 5.81. The fourth-order valence-corrected chi connectivity index (χ4v) is 4.56. The van der Waals surface area contributed by atoms with Crippen LogP contribution in [0.2, 0.25) is 0 Å². The molecule has 2 N–H and O–H groups in total. The summed E-state index contributed by atoms with van der Waals surface area (Å²) in [6, 6.07) is 5.24. The van der Waals surface area contributed by atoms with Gasteiger partial charge in [0, 0.05) is 12.5 Å². The van der Waals surface area contributed by atoms with Crippen molar-refractivity contribution in [2.24, 2.45) is 11.8 Å². The van der Waals surface area contributed by atoms with Crippen LogP contribution in [0.25, 0.3) is 0 Å². The van der Waals surface area contributed by atoms with Gasteiger partial charge in [-0.3, -0.25) is 0 Å². The molecule has 5 nitrogen and oxygen atoms in total. The number of hydrogen-bond acceptors (Lipinski definition) is 4. The van der Waals surface area contributed by atoms with Crippen molar-refractivity contribution in [2.75, 3.05) is 19.7 Å². The van der Waals surface area contributed by atoms with Crippen LogP contribution in [0.3, 0.4) is 0 Å². The second kappa shape index (κ2) is 3.94. The normalized spacial score (nSPS) is 31.7. The maximum absolute atomic E-state index is 12.3. The molecule has 0 bridgehead atoms. The van der Waals surface area contributed by atoms with Crippen molar-refractivity contribution in [1.82, 2.24) is 10.0 Å². The summed E-state index contributed by atoms with van der Waals surface area (Å²) in [6.45, 7) is 2.50. The fraction of sp³-hybridized carbons (Fsp3) is 0.538. The van der Waals surface area contributed by atoms with Gasteiger partial charge in [-0.05, 0) is 48.7 Å². The van der Waals surface area contributed by atoms with Gasteiger partial charge >= 0.3 is 0 Å². The Balaban J connectivity index is 1.57. The zero-order valence-corrected chi connectivity index (χ0v) is 11.2. The molecule has 0 spiro atoms. The van der Waals surface area contributed by atoms with Crippen LogP contribution in [0, 0.1) is 11.8 Å². The van der Waals surface area contributed by atoms with Crippen molar-refractivity contribution in [3.63, 3.8) is 0 Å². The van der Waals surface area contributed by atoms with Crippen LogP contribution in [0.5, 0.6) is 5.75 Å². The minimum atomic E-state index is -3.39. The molecule has 2 unspecified atom stereocenters. The molecule has 2 heterocycles. The van der Waals surface area contributed by atoms with Crippen molar-refractivity contribution >= 4 is 10.0 Å². The quantitative estimate of drug-likeness (QED) is 0.825. The average Bonchev–Trinajstić information content (AvgIpc) is 2.85. The molecule has 1 aliphatic carbocycles. The van der Waals surface area contributed by atoms with Gasteiger partial charge in [0.05, 0.1) is 11.5 Å². The van der Waals surface area contributed by atoms with Crippen LogP contribution in [0.15, 0.2) is 23.1 Å². The van der Waals surface area contributed by atoms with E-state index in [1.165, 1.54) is 0 Å². The highest BCUT2D eigenvalue weighted by molar-refractivity contribution is 7.89. The molecule has 1 saturated carbocycles. The summed E-state index contributed by atoms with van der Waals surface area (Å²) in [5.41, 5.74) is 0.987. The Kier molecular flexibility index (Phi) is 2.43. The number of rotatable bonds is 3. The van der Waals surface area contributed by atoms with E-state index in [1.54, 1.807) is 18.2 Å². The first-order valence-corrected chi connectivity index (χ1v) is 8.12. The Morgan fingerprint density at radius 3 is 2.84 bits per heavy atom. The summed E-state index contributed by atoms with van der Waals surface area (Å²) in [6.07, 6.45) is 0.789. The van der Waals surface area contributed by atoms with Crippen LogP contribution in [-0.2, 0) is 16.4 Å². The van der Waals surface area contributed by atoms with Gasteiger partial charge in [-0.15, -0.1) is 0 Å². The van der Waals surface area contributed by atoms with Crippen molar-refractivity contribution in [1.29, 1.82) is 0 Å². The first kappa shape index (κ1) is 11.7. The number of sulfonamides is 1. The average molecular weight is 280 g/mol. The smallest absolute Gasteiger partial charge is 0.240 e. The number of hydrogen-bond donors (Lipinski definition) is 2. The van der Waals surface area contributed by atoms with E-state index in [4.69, 9.17) is 4.74 Å². The first-order valence-electron chi connectivity index (χ1n) is 6.64. The zero-order valence-electron chi connectivity index (χ0n) is 10.4. The molecule has 0 amide bonds. The maximum Gasteiger partial charge on any atom is 0.240 e. The van der Waals surface area contributed by atoms with Crippen molar-refractivity contribution in [3.8, 4) is 5.75 Å². The van der Waals surface area contributed by atoms with E-state index >= 15 is 0 Å². The lowest BCUT2D eigenvalue weighted by Gasteiger charge is -2.09. The maximum atomic E-state index is 12.3. The topological polar surface area (TPSA) is 67.4 Å². The van der Waals surface area contributed by atoms with E-state index in [1.807, 2.05) is 0 Å². The minimum Gasteiger partial charge on any atom is -0.493 e. The van der Waals surface area contributed by atoms with Crippen LogP contribution >= 0.6 is 0 Å². The summed E-state index contributed by atoms with van der Waals surface area (Å²) in [4.78, 5) is 0.356. The molecule has 2 atom stereocenters. The molecule has 2 aliphatic heterocycles. The molecule has 1 saturated heterocycles. The highest BCUT2D eigenvalue weighted by atomic mass is 32.2. The predicted octanol–water partition coefficient (Wildman–Crippen LogP) is 0.118. The van der Waals surface area contributed by atoms with E-state index in [-0.39, 0.29) is 6.04 Å². The molecule has 102 valence electrons. The third-order valence-electron chi connectivity index (χ3n) is 4.35. The van der Waals surface area contributed by atoms with Crippen molar-refractivity contribution in [2.45, 2.75) is 17.4 Å². The minimum absolute atomic E-state index is 0.121. The summed E-state index contributed by atoms with van der Waals surface area (Å²) < 4.78 is 32.9. The van der Waals surface area contributed by atoms with Crippen molar-refractivity contribution in [3.05, 3.63) is 23.8 Å². The van der Waals surface area contributed by atoms with E-state index in [0.717, 1.165) is 30.8 Å². The fourth-order valence-electron chi connectivity index (χ4n) is 3.17. The van der Waals surface area contributed by atoms with Gasteiger partial charge in [0.1, 0.15) is 5.75 Å². The molecule has 2 fully saturated rings. The van der Waals surface area contributed by atoms with E-state index in [9.17, 15) is 8.42 Å². The Morgan fingerprint density at radius 2 is 2.05 bits per heavy atom. The molecule has 4 rings (SSSR count). The Hall–Kier alpha value is -1.11. The first-order chi connectivity index (χ1) is 9.15. The molecule has 3 aliphatic rings. The van der Waals surface area contributed by atoms with Gasteiger partial charge in [-0.25, -0.2) is 13.1 Å². The lowest BCUT2D eigenvalue weighted by Crippen LogP contribution is -2.32. The second-order valence-electron chi connectivity index (χ2n) is 5.50. The summed E-state index contributed by atoms with van der Waals surface area (Å²) in [7, 11) is -3.39. The van der Waals surface area contributed by atoms with Crippen LogP contribution in [0.4, 0.5) is 0 Å². The monoisotopic (exact) mass is 280 g/mol. The lowest BCUT2D eigenvalue weighted by atomic mass is 10.2. The molecule has 0 aromatic heterocycles. The molecular weight excluding hydrogens is 264 g/mol. The standard InChI is InChI=1S/C13H16N2O3S/c16-19(17,15-13-10-6-14-7-11(10)13)9-1-2-12-8(5-9)3-4-18-12/h1-2,5,10-11,13-15H,3-4,6-7H2. The molecule has 19 heavy (non-hydrogen) atoms. The number of nitrogens with one attached hydrogen (secondary N) is 2. The molecule has 0 radical (unpaired) electrons. The zero-order chi connectivity index (χ0) is 13.0. The van der Waals surface area contributed by atoms with Gasteiger partial charge in [0.25, 0.3) is 0 Å². The van der Waals surface area contributed by atoms with Gasteiger partial charge in [0.2, 0.25) is 10.0 Å². The van der Waals surface area contributed by atoms with E-state index in [0.29, 0.717) is 23.3 Å². The second-order valence-corrected chi connectivity index (χ2v) is 7.21. The van der Waals surface area contributed by atoms with Gasteiger partial charge in [-0.1, -0.05) is 0 Å². The summed E-state index contributed by atoms with van der Waals surface area (Å²) in [5, 5.41) is 3.26. The predicted molar refractivity (Wildman–Crippen MR) is 69.6 cm³/mol. The molecule has 1 aromatic carbocycles. The number of ether oxygens (including phenoxy) is 1. The van der Waals surface area contributed by atoms with Crippen molar-refractivity contribution < 1.29 is 13.2 Å². The van der Waals surface area contributed by atoms with Crippen LogP contribution < -0.4 is 14.8 Å². The van der Waals surface area contributed by atoms with E-state index < -0.39 is 10.0 Å². The number of benzene rings is 1. The third kappa shape index (κ3) is 1.86. The number of fused-ring (bicyclic) bond motifs is 2. The molecule has 1 aromatic rings. The lowest BCUT2D eigenvalue weighted by molar-refractivity contribution is 0.356. The SMILES string of the molecule is O=S(=O)(NC1C2CNCC21)c1ccc2c(c1)CCO2. The van der Waals surface area contributed by atoms with E-state index in [2.05, 4.69) is 10.0 Å². The Labute approximate surface area is 112 Å². The summed E-state index contributed by atoms with van der Waals surface area (Å²) in [5.74, 6) is 1.77. The van der Waals surface area contributed by atoms with Gasteiger partial charge in [0.15, 0.2) is 0 Å². The number of piperidine rings is 1.